The molecule has 98 valence electrons. The predicted molar refractivity (Wildman–Crippen MR) is 68.3 cm³/mol. The van der Waals surface area contributed by atoms with Crippen LogP contribution in [0.4, 0.5) is 17.1 Å². The first-order chi connectivity index (χ1) is 8.25. The zero-order valence-electron chi connectivity index (χ0n) is 10.1. The van der Waals surface area contributed by atoms with E-state index in [-0.39, 0.29) is 22.4 Å². The molecule has 0 aliphatic heterocycles. The number of nitro groups is 2. The van der Waals surface area contributed by atoms with Crippen molar-refractivity contribution in [3.63, 3.8) is 0 Å². The number of hydrogen-bond acceptors (Lipinski definition) is 5. The van der Waals surface area contributed by atoms with E-state index in [2.05, 4.69) is 5.32 Å². The lowest BCUT2D eigenvalue weighted by atomic mass is 10.1. The number of hydrogen-bond donors (Lipinski definition) is 1. The minimum atomic E-state index is -0.715. The second-order valence-electron chi connectivity index (χ2n) is 4.06. The Morgan fingerprint density at radius 1 is 1.28 bits per heavy atom. The van der Waals surface area contributed by atoms with E-state index in [1.165, 1.54) is 13.0 Å². The van der Waals surface area contributed by atoms with Gasteiger partial charge in [-0.3, -0.25) is 20.2 Å². The topological polar surface area (TPSA) is 98.3 Å². The minimum absolute atomic E-state index is 0.0891. The summed E-state index contributed by atoms with van der Waals surface area (Å²) in [5.41, 5.74) is -0.672. The number of nitro benzene ring substituents is 2. The van der Waals surface area contributed by atoms with Crippen LogP contribution in [0.5, 0.6) is 0 Å². The standard InChI is InChI=1S/C10H12ClN3O4/c1-5(2)12-9-7(13(15)16)4-6(3)8(11)10(9)14(17)18/h4-5,12H,1-3H3. The van der Waals surface area contributed by atoms with Crippen LogP contribution in [-0.2, 0) is 0 Å². The van der Waals surface area contributed by atoms with Crippen molar-refractivity contribution in [1.29, 1.82) is 0 Å². The lowest BCUT2D eigenvalue weighted by Gasteiger charge is -2.12. The molecule has 0 aliphatic carbocycles. The molecule has 7 nitrogen and oxygen atoms in total. The number of anilines is 1. The van der Waals surface area contributed by atoms with Crippen molar-refractivity contribution < 1.29 is 9.85 Å². The van der Waals surface area contributed by atoms with Crippen LogP contribution in [0.15, 0.2) is 6.07 Å². The van der Waals surface area contributed by atoms with Crippen LogP contribution >= 0.6 is 11.6 Å². The second-order valence-corrected chi connectivity index (χ2v) is 4.44. The number of aryl methyl sites for hydroxylation is 1. The zero-order valence-corrected chi connectivity index (χ0v) is 10.8. The summed E-state index contributed by atoms with van der Waals surface area (Å²) < 4.78 is 0. The fraction of sp³-hybridized carbons (Fsp3) is 0.400. The molecular weight excluding hydrogens is 262 g/mol. The zero-order chi connectivity index (χ0) is 14.0. The van der Waals surface area contributed by atoms with Gasteiger partial charge in [0, 0.05) is 12.1 Å². The van der Waals surface area contributed by atoms with Crippen LogP contribution in [0, 0.1) is 27.2 Å². The second kappa shape index (κ2) is 5.18. The van der Waals surface area contributed by atoms with Gasteiger partial charge < -0.3 is 5.32 Å². The average Bonchev–Trinajstić information content (AvgIpc) is 2.21. The summed E-state index contributed by atoms with van der Waals surface area (Å²) in [4.78, 5) is 20.6. The van der Waals surface area contributed by atoms with Crippen LogP contribution in [0.25, 0.3) is 0 Å². The Balaban J connectivity index is 3.63. The Morgan fingerprint density at radius 2 is 1.83 bits per heavy atom. The van der Waals surface area contributed by atoms with Crippen molar-refractivity contribution in [2.24, 2.45) is 0 Å². The van der Waals surface area contributed by atoms with Gasteiger partial charge in [-0.25, -0.2) is 0 Å². The van der Waals surface area contributed by atoms with Gasteiger partial charge in [-0.05, 0) is 26.3 Å². The average molecular weight is 274 g/mol. The maximum atomic E-state index is 11.0. The van der Waals surface area contributed by atoms with Crippen LogP contribution in [-0.4, -0.2) is 15.9 Å². The van der Waals surface area contributed by atoms with E-state index in [1.54, 1.807) is 13.8 Å². The maximum absolute atomic E-state index is 11.0. The Morgan fingerprint density at radius 3 is 2.22 bits per heavy atom. The first-order valence-corrected chi connectivity index (χ1v) is 5.52. The highest BCUT2D eigenvalue weighted by Gasteiger charge is 2.30. The highest BCUT2D eigenvalue weighted by atomic mass is 35.5. The largest absolute Gasteiger partial charge is 0.372 e. The lowest BCUT2D eigenvalue weighted by molar-refractivity contribution is -0.392. The third kappa shape index (κ3) is 2.67. The van der Waals surface area contributed by atoms with Crippen molar-refractivity contribution in [1.82, 2.24) is 0 Å². The first kappa shape index (κ1) is 14.2. The first-order valence-electron chi connectivity index (χ1n) is 5.14. The summed E-state index contributed by atoms with van der Waals surface area (Å²) in [6.07, 6.45) is 0. The van der Waals surface area contributed by atoms with Gasteiger partial charge in [-0.2, -0.15) is 0 Å². The van der Waals surface area contributed by atoms with Gasteiger partial charge in [0.2, 0.25) is 0 Å². The van der Waals surface area contributed by atoms with Gasteiger partial charge in [-0.15, -0.1) is 0 Å². The van der Waals surface area contributed by atoms with Gasteiger partial charge in [0.15, 0.2) is 5.69 Å². The number of nitrogens with one attached hydrogen (secondary N) is 1. The molecule has 18 heavy (non-hydrogen) atoms. The minimum Gasteiger partial charge on any atom is -0.372 e. The Hall–Kier alpha value is -1.89. The fourth-order valence-corrected chi connectivity index (χ4v) is 1.72. The van der Waals surface area contributed by atoms with Crippen LogP contribution in [0.1, 0.15) is 19.4 Å². The van der Waals surface area contributed by atoms with E-state index in [9.17, 15) is 20.2 Å². The Bertz CT molecular complexity index is 516. The Kier molecular flexibility index (Phi) is 4.07. The van der Waals surface area contributed by atoms with Crippen molar-refractivity contribution >= 4 is 28.7 Å². The molecule has 0 bridgehead atoms. The van der Waals surface area contributed by atoms with Crippen LogP contribution in [0.3, 0.4) is 0 Å². The van der Waals surface area contributed by atoms with Gasteiger partial charge in [0.25, 0.3) is 5.69 Å². The van der Waals surface area contributed by atoms with E-state index in [4.69, 9.17) is 11.6 Å². The number of rotatable bonds is 4. The van der Waals surface area contributed by atoms with E-state index in [0.717, 1.165) is 0 Å². The Labute approximate surface area is 108 Å². The molecule has 8 heteroatoms. The smallest absolute Gasteiger partial charge is 0.318 e. The monoisotopic (exact) mass is 273 g/mol. The maximum Gasteiger partial charge on any atom is 0.318 e. The molecule has 0 aliphatic rings. The molecule has 0 radical (unpaired) electrons. The third-order valence-electron chi connectivity index (χ3n) is 2.21. The molecule has 1 rings (SSSR count). The molecule has 1 N–H and O–H groups in total. The van der Waals surface area contributed by atoms with E-state index >= 15 is 0 Å². The highest BCUT2D eigenvalue weighted by Crippen LogP contribution is 2.42. The van der Waals surface area contributed by atoms with E-state index in [0.29, 0.717) is 5.56 Å². The van der Waals surface area contributed by atoms with Crippen molar-refractivity contribution in [2.45, 2.75) is 26.8 Å². The van der Waals surface area contributed by atoms with Gasteiger partial charge >= 0.3 is 5.69 Å². The molecule has 1 aromatic rings. The molecule has 0 atom stereocenters. The summed E-state index contributed by atoms with van der Waals surface area (Å²) in [6, 6.07) is 1.03. The number of benzene rings is 1. The molecule has 0 saturated carbocycles. The molecule has 0 spiro atoms. The molecule has 0 amide bonds. The molecule has 0 fully saturated rings. The van der Waals surface area contributed by atoms with Gasteiger partial charge in [0.05, 0.1) is 9.85 Å². The highest BCUT2D eigenvalue weighted by molar-refractivity contribution is 6.34. The summed E-state index contributed by atoms with van der Waals surface area (Å²) >= 11 is 5.85. The van der Waals surface area contributed by atoms with Crippen molar-refractivity contribution in [3.8, 4) is 0 Å². The van der Waals surface area contributed by atoms with E-state index in [1.807, 2.05) is 0 Å². The van der Waals surface area contributed by atoms with Crippen LogP contribution < -0.4 is 5.32 Å². The molecule has 0 saturated heterocycles. The summed E-state index contributed by atoms with van der Waals surface area (Å²) in [7, 11) is 0. The van der Waals surface area contributed by atoms with E-state index < -0.39 is 15.5 Å². The summed E-state index contributed by atoms with van der Waals surface area (Å²) in [5.74, 6) is 0. The van der Waals surface area contributed by atoms with Gasteiger partial charge in [0.1, 0.15) is 5.02 Å². The molecule has 0 heterocycles. The van der Waals surface area contributed by atoms with Crippen LogP contribution in [0.2, 0.25) is 5.02 Å². The van der Waals surface area contributed by atoms with Gasteiger partial charge in [-0.1, -0.05) is 11.6 Å². The molecular formula is C10H12ClN3O4. The lowest BCUT2D eigenvalue weighted by Crippen LogP contribution is -2.13. The summed E-state index contributed by atoms with van der Waals surface area (Å²) in [6.45, 7) is 4.93. The SMILES string of the molecule is Cc1cc([N+](=O)[O-])c(NC(C)C)c([N+](=O)[O-])c1Cl. The fourth-order valence-electron chi connectivity index (χ4n) is 1.50. The molecule has 1 aromatic carbocycles. The quantitative estimate of drug-likeness (QED) is 0.670. The van der Waals surface area contributed by atoms with Crippen molar-refractivity contribution in [2.75, 3.05) is 5.32 Å². The third-order valence-corrected chi connectivity index (χ3v) is 2.69. The normalized spacial score (nSPS) is 10.5. The predicted octanol–water partition coefficient (Wildman–Crippen LogP) is 3.29. The number of halogens is 1. The van der Waals surface area contributed by atoms with Crippen molar-refractivity contribution in [3.05, 3.63) is 36.9 Å². The molecule has 0 aromatic heterocycles. The summed E-state index contributed by atoms with van der Waals surface area (Å²) in [5, 5.41) is 24.6. The molecule has 0 unspecified atom stereocenters. The number of nitrogens with zero attached hydrogens (tertiary/aromatic N) is 2.